The molecule has 0 saturated heterocycles. The highest BCUT2D eigenvalue weighted by Crippen LogP contribution is 2.20. The van der Waals surface area contributed by atoms with Crippen LogP contribution in [0.5, 0.6) is 0 Å². The molecule has 0 fully saturated rings. The maximum Gasteiger partial charge on any atom is 0.248 e. The minimum atomic E-state index is -0.477. The average molecular weight is 285 g/mol. The molecule has 0 atom stereocenters. The van der Waals surface area contributed by atoms with Gasteiger partial charge < -0.3 is 10.8 Å². The Hall–Kier alpha value is -1.10. The Morgan fingerprint density at radius 3 is 2.63 bits per heavy atom. The molecule has 4 nitrogen and oxygen atoms in total. The fraction of sp³-hybridized carbons (Fsp3) is 0.500. The number of rotatable bonds is 7. The average Bonchev–Trinajstić information content (AvgIpc) is 2.35. The van der Waals surface area contributed by atoms with E-state index in [0.717, 1.165) is 18.5 Å². The molecule has 3 N–H and O–H groups in total. The van der Waals surface area contributed by atoms with Gasteiger partial charge in [-0.15, -0.1) is 0 Å². The van der Waals surface area contributed by atoms with Crippen LogP contribution in [0.3, 0.4) is 0 Å². The molecule has 0 aliphatic rings. The largest absolute Gasteiger partial charge is 0.396 e. The van der Waals surface area contributed by atoms with E-state index in [-0.39, 0.29) is 6.61 Å². The predicted molar refractivity (Wildman–Crippen MR) is 77.2 cm³/mol. The summed E-state index contributed by atoms with van der Waals surface area (Å²) in [6.45, 7) is 5.88. The van der Waals surface area contributed by atoms with Gasteiger partial charge in [-0.25, -0.2) is 0 Å². The molecule has 0 aliphatic heterocycles. The summed E-state index contributed by atoms with van der Waals surface area (Å²) in [5, 5.41) is 9.46. The Bertz CT molecular complexity index is 435. The number of hydrogen-bond acceptors (Lipinski definition) is 3. The molecule has 1 aromatic carbocycles. The van der Waals surface area contributed by atoms with Gasteiger partial charge in [-0.2, -0.15) is 0 Å². The summed E-state index contributed by atoms with van der Waals surface area (Å²) in [7, 11) is 0. The minimum Gasteiger partial charge on any atom is -0.396 e. The molecule has 0 heterocycles. The lowest BCUT2D eigenvalue weighted by Crippen LogP contribution is -2.31. The number of nitrogens with two attached hydrogens (primary N) is 1. The van der Waals surface area contributed by atoms with Crippen molar-refractivity contribution in [3.05, 3.63) is 34.3 Å². The van der Waals surface area contributed by atoms with Crippen LogP contribution in [0.2, 0.25) is 5.02 Å². The molecular formula is C14H21ClN2O2. The van der Waals surface area contributed by atoms with E-state index in [4.69, 9.17) is 22.4 Å². The Kier molecular flexibility index (Phi) is 6.28. The third-order valence-electron chi connectivity index (χ3n) is 3.04. The van der Waals surface area contributed by atoms with Crippen molar-refractivity contribution in [1.82, 2.24) is 4.90 Å². The molecule has 19 heavy (non-hydrogen) atoms. The number of carbonyl (C=O) groups is 1. The fourth-order valence-corrected chi connectivity index (χ4v) is 2.08. The molecule has 0 bridgehead atoms. The first-order chi connectivity index (χ1) is 8.95. The van der Waals surface area contributed by atoms with E-state index in [2.05, 4.69) is 18.7 Å². The Balaban J connectivity index is 2.81. The molecule has 0 spiro atoms. The zero-order chi connectivity index (χ0) is 14.4. The highest BCUT2D eigenvalue weighted by Gasteiger charge is 2.12. The first-order valence-electron chi connectivity index (χ1n) is 6.38. The van der Waals surface area contributed by atoms with Crippen molar-refractivity contribution >= 4 is 17.5 Å². The zero-order valence-electron chi connectivity index (χ0n) is 11.4. The summed E-state index contributed by atoms with van der Waals surface area (Å²) in [5.74, 6) is -0.477. The maximum atomic E-state index is 11.1. The standard InChI is InChI=1S/C14H21ClN2O2/c1-10(2)17(6-3-7-18)9-12-5-4-11(14(16)19)8-13(12)15/h4-5,8,10,18H,3,6-7,9H2,1-2H3,(H2,16,19). The lowest BCUT2D eigenvalue weighted by atomic mass is 10.1. The SMILES string of the molecule is CC(C)N(CCCO)Cc1ccc(C(N)=O)cc1Cl. The van der Waals surface area contributed by atoms with Crippen molar-refractivity contribution in [2.75, 3.05) is 13.2 Å². The normalized spacial score (nSPS) is 11.3. The van der Waals surface area contributed by atoms with Gasteiger partial charge in [-0.05, 0) is 38.0 Å². The van der Waals surface area contributed by atoms with E-state index in [9.17, 15) is 4.79 Å². The Morgan fingerprint density at radius 2 is 2.16 bits per heavy atom. The van der Waals surface area contributed by atoms with Crippen LogP contribution in [0.15, 0.2) is 18.2 Å². The van der Waals surface area contributed by atoms with Crippen molar-refractivity contribution < 1.29 is 9.90 Å². The smallest absolute Gasteiger partial charge is 0.248 e. The monoisotopic (exact) mass is 284 g/mol. The molecule has 0 unspecified atom stereocenters. The van der Waals surface area contributed by atoms with Gasteiger partial charge in [0.1, 0.15) is 0 Å². The van der Waals surface area contributed by atoms with E-state index >= 15 is 0 Å². The van der Waals surface area contributed by atoms with Gasteiger partial charge in [-0.1, -0.05) is 17.7 Å². The summed E-state index contributed by atoms with van der Waals surface area (Å²) < 4.78 is 0. The third kappa shape index (κ3) is 4.82. The van der Waals surface area contributed by atoms with Crippen LogP contribution >= 0.6 is 11.6 Å². The molecular weight excluding hydrogens is 264 g/mol. The summed E-state index contributed by atoms with van der Waals surface area (Å²) in [6.07, 6.45) is 0.731. The topological polar surface area (TPSA) is 66.6 Å². The quantitative estimate of drug-likeness (QED) is 0.805. The van der Waals surface area contributed by atoms with Gasteiger partial charge in [0.15, 0.2) is 0 Å². The van der Waals surface area contributed by atoms with Gasteiger partial charge in [0.25, 0.3) is 0 Å². The molecule has 0 saturated carbocycles. The number of hydrogen-bond donors (Lipinski definition) is 2. The van der Waals surface area contributed by atoms with Gasteiger partial charge in [0.05, 0.1) is 0 Å². The van der Waals surface area contributed by atoms with Crippen molar-refractivity contribution in [3.8, 4) is 0 Å². The van der Waals surface area contributed by atoms with E-state index < -0.39 is 5.91 Å². The van der Waals surface area contributed by atoms with Crippen molar-refractivity contribution in [2.45, 2.75) is 32.9 Å². The Morgan fingerprint density at radius 1 is 1.47 bits per heavy atom. The molecule has 0 aromatic heterocycles. The van der Waals surface area contributed by atoms with E-state index in [1.807, 2.05) is 6.07 Å². The first kappa shape index (κ1) is 16.0. The number of primary amides is 1. The summed E-state index contributed by atoms with van der Waals surface area (Å²) in [5.41, 5.74) is 6.59. The zero-order valence-corrected chi connectivity index (χ0v) is 12.2. The van der Waals surface area contributed by atoms with Crippen molar-refractivity contribution in [3.63, 3.8) is 0 Å². The second kappa shape index (κ2) is 7.48. The van der Waals surface area contributed by atoms with Gasteiger partial charge in [0, 0.05) is 36.3 Å². The second-order valence-corrected chi connectivity index (χ2v) is 5.22. The molecule has 1 aromatic rings. The van der Waals surface area contributed by atoms with Crippen molar-refractivity contribution in [1.29, 1.82) is 0 Å². The van der Waals surface area contributed by atoms with Crippen LogP contribution in [0.4, 0.5) is 0 Å². The van der Waals surface area contributed by atoms with Crippen LogP contribution in [0, 0.1) is 0 Å². The maximum absolute atomic E-state index is 11.1. The van der Waals surface area contributed by atoms with E-state index in [1.54, 1.807) is 12.1 Å². The predicted octanol–water partition coefficient (Wildman–Crippen LogP) is 2.03. The summed E-state index contributed by atoms with van der Waals surface area (Å²) in [4.78, 5) is 13.3. The number of aliphatic hydroxyl groups is 1. The van der Waals surface area contributed by atoms with Crippen LogP contribution in [-0.4, -0.2) is 35.1 Å². The van der Waals surface area contributed by atoms with Gasteiger partial charge in [-0.3, -0.25) is 9.69 Å². The van der Waals surface area contributed by atoms with Gasteiger partial charge >= 0.3 is 0 Å². The van der Waals surface area contributed by atoms with Crippen molar-refractivity contribution in [2.24, 2.45) is 5.73 Å². The van der Waals surface area contributed by atoms with Crippen LogP contribution in [0.25, 0.3) is 0 Å². The molecule has 0 radical (unpaired) electrons. The molecule has 5 heteroatoms. The minimum absolute atomic E-state index is 0.178. The van der Waals surface area contributed by atoms with Gasteiger partial charge in [0.2, 0.25) is 5.91 Å². The number of halogens is 1. The van der Waals surface area contributed by atoms with Crippen LogP contribution in [0.1, 0.15) is 36.2 Å². The van der Waals surface area contributed by atoms with E-state index in [0.29, 0.717) is 23.2 Å². The number of aliphatic hydroxyl groups excluding tert-OH is 1. The summed E-state index contributed by atoms with van der Waals surface area (Å²) >= 11 is 6.17. The lowest BCUT2D eigenvalue weighted by Gasteiger charge is -2.26. The highest BCUT2D eigenvalue weighted by molar-refractivity contribution is 6.31. The summed E-state index contributed by atoms with van der Waals surface area (Å²) in [6, 6.07) is 5.48. The fourth-order valence-electron chi connectivity index (χ4n) is 1.84. The van der Waals surface area contributed by atoms with E-state index in [1.165, 1.54) is 0 Å². The van der Waals surface area contributed by atoms with Crippen LogP contribution in [-0.2, 0) is 6.54 Å². The number of amides is 1. The molecule has 1 rings (SSSR count). The second-order valence-electron chi connectivity index (χ2n) is 4.81. The number of nitrogens with zero attached hydrogens (tertiary/aromatic N) is 1. The number of benzene rings is 1. The highest BCUT2D eigenvalue weighted by atomic mass is 35.5. The molecule has 0 aliphatic carbocycles. The Labute approximate surface area is 119 Å². The number of carbonyl (C=O) groups excluding carboxylic acids is 1. The molecule has 106 valence electrons. The van der Waals surface area contributed by atoms with Crippen LogP contribution < -0.4 is 5.73 Å². The lowest BCUT2D eigenvalue weighted by molar-refractivity contribution is 0.1000. The third-order valence-corrected chi connectivity index (χ3v) is 3.40. The molecule has 1 amide bonds. The first-order valence-corrected chi connectivity index (χ1v) is 6.76.